The van der Waals surface area contributed by atoms with Crippen LogP contribution in [0.5, 0.6) is 0 Å². The summed E-state index contributed by atoms with van der Waals surface area (Å²) in [6.07, 6.45) is 4.37. The fourth-order valence-electron chi connectivity index (χ4n) is 4.38. The van der Waals surface area contributed by atoms with Gasteiger partial charge in [0.25, 0.3) is 0 Å². The van der Waals surface area contributed by atoms with E-state index in [9.17, 15) is 5.26 Å². The fourth-order valence-corrected chi connectivity index (χ4v) is 5.75. The van der Waals surface area contributed by atoms with Crippen molar-refractivity contribution in [2.75, 3.05) is 18.0 Å². The van der Waals surface area contributed by atoms with Crippen molar-refractivity contribution in [1.29, 1.82) is 5.26 Å². The number of nitrogens with zero attached hydrogens (tertiary/aromatic N) is 4. The number of aryl methyl sites for hydroxylation is 1. The molecule has 1 aromatic rings. The van der Waals surface area contributed by atoms with E-state index in [1.54, 1.807) is 6.07 Å². The third-order valence-corrected chi connectivity index (χ3v) is 11.7. The quantitative estimate of drug-likeness (QED) is 0.776. The zero-order valence-corrected chi connectivity index (χ0v) is 19.2. The molecule has 2 N–H and O–H groups in total. The van der Waals surface area contributed by atoms with Crippen molar-refractivity contribution in [2.24, 2.45) is 11.1 Å². The van der Waals surface area contributed by atoms with Crippen LogP contribution in [0.25, 0.3) is 0 Å². The van der Waals surface area contributed by atoms with Gasteiger partial charge in [-0.25, -0.2) is 9.97 Å². The summed E-state index contributed by atoms with van der Waals surface area (Å²) in [6, 6.07) is 4.05. The molecule has 0 amide bonds. The summed E-state index contributed by atoms with van der Waals surface area (Å²) < 4.78 is 6.70. The maximum Gasteiger partial charge on any atom is 0.226 e. The number of nitrogens with two attached hydrogens (primary N) is 1. The molecule has 0 radical (unpaired) electrons. The van der Waals surface area contributed by atoms with Gasteiger partial charge in [-0.2, -0.15) is 5.26 Å². The van der Waals surface area contributed by atoms with E-state index in [4.69, 9.17) is 10.2 Å². The number of anilines is 1. The Balaban J connectivity index is 1.67. The monoisotopic (exact) mass is 401 g/mol. The first-order valence-corrected chi connectivity index (χ1v) is 13.3. The van der Waals surface area contributed by atoms with E-state index in [0.29, 0.717) is 11.6 Å². The van der Waals surface area contributed by atoms with E-state index in [2.05, 4.69) is 54.8 Å². The zero-order valence-electron chi connectivity index (χ0n) is 18.2. The highest BCUT2D eigenvalue weighted by Crippen LogP contribution is 2.49. The van der Waals surface area contributed by atoms with Crippen molar-refractivity contribution >= 4 is 14.3 Å². The molecule has 1 saturated heterocycles. The lowest BCUT2D eigenvalue weighted by atomic mass is 9.74. The number of hydrogen-bond donors (Lipinski definition) is 1. The van der Waals surface area contributed by atoms with Gasteiger partial charge in [-0.3, -0.25) is 0 Å². The summed E-state index contributed by atoms with van der Waals surface area (Å²) in [5.41, 5.74) is 8.09. The standard InChI is InChI=1S/C21H35N5OSi/c1-15-11-16(14-22)25-19(24-15)26-9-7-21(8-10-26)13-17(12-18(21)23)27-28(5,6)20(2,3)4/h11,17-18H,7-10,12-13,23H2,1-6H3/t17?,18-/m1/s1. The second-order valence-electron chi connectivity index (χ2n) is 10.2. The van der Waals surface area contributed by atoms with E-state index >= 15 is 0 Å². The molecule has 1 saturated carbocycles. The third-order valence-electron chi connectivity index (χ3n) is 7.20. The van der Waals surface area contributed by atoms with Gasteiger partial charge >= 0.3 is 0 Å². The highest BCUT2D eigenvalue weighted by molar-refractivity contribution is 6.74. The summed E-state index contributed by atoms with van der Waals surface area (Å²) in [5.74, 6) is 0.673. The van der Waals surface area contributed by atoms with Crippen LogP contribution >= 0.6 is 0 Å². The number of hydrogen-bond acceptors (Lipinski definition) is 6. The van der Waals surface area contributed by atoms with E-state index in [0.717, 1.165) is 44.5 Å². The van der Waals surface area contributed by atoms with Gasteiger partial charge in [0.1, 0.15) is 11.8 Å². The maximum absolute atomic E-state index is 9.18. The first-order valence-electron chi connectivity index (χ1n) is 10.4. The lowest BCUT2D eigenvalue weighted by molar-refractivity contribution is 0.145. The van der Waals surface area contributed by atoms with Crippen LogP contribution in [0.3, 0.4) is 0 Å². The highest BCUT2D eigenvalue weighted by Gasteiger charge is 2.50. The van der Waals surface area contributed by atoms with Crippen molar-refractivity contribution in [3.05, 3.63) is 17.5 Å². The SMILES string of the molecule is Cc1cc(C#N)nc(N2CCC3(CC2)CC(O[Si](C)(C)C(C)(C)C)C[C@H]3N)n1. The first kappa shape index (κ1) is 21.2. The van der Waals surface area contributed by atoms with E-state index in [1.807, 2.05) is 6.92 Å². The molecule has 7 heteroatoms. The fraction of sp³-hybridized carbons (Fsp3) is 0.762. The Hall–Kier alpha value is -1.49. The van der Waals surface area contributed by atoms with Crippen molar-refractivity contribution in [3.63, 3.8) is 0 Å². The summed E-state index contributed by atoms with van der Waals surface area (Å²) in [7, 11) is -1.78. The molecule has 154 valence electrons. The molecule has 28 heavy (non-hydrogen) atoms. The van der Waals surface area contributed by atoms with E-state index in [1.165, 1.54) is 0 Å². The van der Waals surface area contributed by atoms with Gasteiger partial charge in [0.05, 0.1) is 0 Å². The molecular weight excluding hydrogens is 366 g/mol. The van der Waals surface area contributed by atoms with Gasteiger partial charge < -0.3 is 15.1 Å². The molecule has 0 bridgehead atoms. The lowest BCUT2D eigenvalue weighted by Gasteiger charge is -2.42. The molecule has 1 unspecified atom stereocenters. The Morgan fingerprint density at radius 2 is 1.93 bits per heavy atom. The Morgan fingerprint density at radius 1 is 1.29 bits per heavy atom. The van der Waals surface area contributed by atoms with Gasteiger partial charge in [0.2, 0.25) is 5.95 Å². The average molecular weight is 402 g/mol. The van der Waals surface area contributed by atoms with Crippen molar-refractivity contribution in [1.82, 2.24) is 9.97 Å². The van der Waals surface area contributed by atoms with Crippen molar-refractivity contribution < 1.29 is 4.43 Å². The minimum Gasteiger partial charge on any atom is -0.414 e. The average Bonchev–Trinajstić information content (AvgIpc) is 2.88. The van der Waals surface area contributed by atoms with Gasteiger partial charge in [-0.15, -0.1) is 0 Å². The molecule has 2 atom stereocenters. The van der Waals surface area contributed by atoms with Crippen LogP contribution in [-0.2, 0) is 4.43 Å². The molecule has 1 aliphatic heterocycles. The van der Waals surface area contributed by atoms with Crippen LogP contribution in [0.2, 0.25) is 18.1 Å². The molecule has 6 nitrogen and oxygen atoms in total. The summed E-state index contributed by atoms with van der Waals surface area (Å²) in [6.45, 7) is 15.2. The van der Waals surface area contributed by atoms with Crippen molar-refractivity contribution in [3.8, 4) is 6.07 Å². The second kappa shape index (κ2) is 7.40. The van der Waals surface area contributed by atoms with Crippen molar-refractivity contribution in [2.45, 2.75) is 83.7 Å². The minimum atomic E-state index is -1.78. The van der Waals surface area contributed by atoms with Crippen LogP contribution < -0.4 is 10.6 Å². The summed E-state index contributed by atoms with van der Waals surface area (Å²) in [5, 5.41) is 9.40. The number of piperidine rings is 1. The third kappa shape index (κ3) is 4.09. The predicted octanol–water partition coefficient (Wildman–Crippen LogP) is 3.75. The Morgan fingerprint density at radius 3 is 2.50 bits per heavy atom. The number of aromatic nitrogens is 2. The number of nitriles is 1. The van der Waals surface area contributed by atoms with Crippen LogP contribution in [0.15, 0.2) is 6.07 Å². The smallest absolute Gasteiger partial charge is 0.226 e. The van der Waals surface area contributed by atoms with E-state index < -0.39 is 8.32 Å². The predicted molar refractivity (Wildman–Crippen MR) is 115 cm³/mol. The molecular formula is C21H35N5OSi. The summed E-state index contributed by atoms with van der Waals surface area (Å²) >= 11 is 0. The Bertz CT molecular complexity index is 759. The molecule has 1 spiro atoms. The minimum absolute atomic E-state index is 0.158. The summed E-state index contributed by atoms with van der Waals surface area (Å²) in [4.78, 5) is 11.1. The maximum atomic E-state index is 9.18. The van der Waals surface area contributed by atoms with Crippen LogP contribution in [0, 0.1) is 23.7 Å². The topological polar surface area (TPSA) is 88.1 Å². The highest BCUT2D eigenvalue weighted by atomic mass is 28.4. The first-order chi connectivity index (χ1) is 13.0. The van der Waals surface area contributed by atoms with Crippen LogP contribution in [0.4, 0.5) is 5.95 Å². The Kier molecular flexibility index (Phi) is 5.61. The second-order valence-corrected chi connectivity index (χ2v) is 15.0. The van der Waals surface area contributed by atoms with Crippen LogP contribution in [0.1, 0.15) is 57.8 Å². The molecule has 2 aliphatic rings. The molecule has 2 fully saturated rings. The molecule has 0 aromatic carbocycles. The van der Waals surface area contributed by atoms with Crippen LogP contribution in [-0.4, -0.2) is 43.5 Å². The molecule has 1 aromatic heterocycles. The lowest BCUT2D eigenvalue weighted by Crippen LogP contribution is -2.47. The van der Waals surface area contributed by atoms with Gasteiger partial charge in [-0.1, -0.05) is 20.8 Å². The van der Waals surface area contributed by atoms with Gasteiger partial charge in [0, 0.05) is 30.9 Å². The van der Waals surface area contributed by atoms with Gasteiger partial charge in [0.15, 0.2) is 8.32 Å². The Labute approximate surface area is 170 Å². The zero-order chi connectivity index (χ0) is 20.7. The largest absolute Gasteiger partial charge is 0.414 e. The van der Waals surface area contributed by atoms with E-state index in [-0.39, 0.29) is 22.6 Å². The van der Waals surface area contributed by atoms with Gasteiger partial charge in [-0.05, 0) is 62.2 Å². The normalized spacial score (nSPS) is 25.1. The molecule has 3 rings (SSSR count). The molecule has 1 aliphatic carbocycles. The molecule has 2 heterocycles. The number of rotatable bonds is 3.